The van der Waals surface area contributed by atoms with Crippen LogP contribution in [-0.2, 0) is 9.53 Å². The number of carbonyl (C=O) groups excluding carboxylic acids is 2. The van der Waals surface area contributed by atoms with E-state index in [1.54, 1.807) is 30.3 Å². The average molecular weight is 219 g/mol. The number of rotatable bonds is 2. The summed E-state index contributed by atoms with van der Waals surface area (Å²) in [6.45, 7) is 0.805. The van der Waals surface area contributed by atoms with Crippen molar-refractivity contribution in [3.05, 3.63) is 35.9 Å². The molecule has 1 heterocycles. The first kappa shape index (κ1) is 10.8. The predicted molar refractivity (Wildman–Crippen MR) is 57.9 cm³/mol. The fourth-order valence-corrected chi connectivity index (χ4v) is 1.68. The normalized spacial score (nSPS) is 19.4. The maximum Gasteiger partial charge on any atom is 0.345 e. The zero-order chi connectivity index (χ0) is 11.4. The first-order valence-corrected chi connectivity index (χ1v) is 5.32. The Hall–Kier alpha value is -1.68. The van der Waals surface area contributed by atoms with Crippen molar-refractivity contribution in [2.24, 2.45) is 0 Å². The molecule has 0 radical (unpaired) electrons. The van der Waals surface area contributed by atoms with Crippen molar-refractivity contribution in [1.82, 2.24) is 5.32 Å². The highest BCUT2D eigenvalue weighted by molar-refractivity contribution is 5.98. The van der Waals surface area contributed by atoms with E-state index in [2.05, 4.69) is 5.32 Å². The second-order valence-corrected chi connectivity index (χ2v) is 3.72. The van der Waals surface area contributed by atoms with E-state index < -0.39 is 11.9 Å². The van der Waals surface area contributed by atoms with Gasteiger partial charge in [0.25, 0.3) is 0 Å². The van der Waals surface area contributed by atoms with Crippen molar-refractivity contribution in [3.63, 3.8) is 0 Å². The van der Waals surface area contributed by atoms with Gasteiger partial charge >= 0.3 is 11.9 Å². The Morgan fingerprint density at radius 2 is 2.00 bits per heavy atom. The Morgan fingerprint density at radius 1 is 1.25 bits per heavy atom. The molecule has 0 aliphatic carbocycles. The van der Waals surface area contributed by atoms with Crippen LogP contribution in [-0.4, -0.2) is 24.5 Å². The minimum absolute atomic E-state index is 0.326. The van der Waals surface area contributed by atoms with Crippen LogP contribution in [0.2, 0.25) is 0 Å². The van der Waals surface area contributed by atoms with Gasteiger partial charge in [0.15, 0.2) is 0 Å². The molecular weight excluding hydrogens is 206 g/mol. The first-order chi connectivity index (χ1) is 7.77. The lowest BCUT2D eigenvalue weighted by Gasteiger charge is -2.08. The summed E-state index contributed by atoms with van der Waals surface area (Å²) in [5.74, 6) is -1.06. The van der Waals surface area contributed by atoms with Crippen LogP contribution >= 0.6 is 0 Å². The van der Waals surface area contributed by atoms with Crippen LogP contribution in [0.4, 0.5) is 0 Å². The summed E-state index contributed by atoms with van der Waals surface area (Å²) in [5, 5.41) is 2.99. The Morgan fingerprint density at radius 3 is 2.62 bits per heavy atom. The largest absolute Gasteiger partial charge is 0.388 e. The van der Waals surface area contributed by atoms with E-state index in [4.69, 9.17) is 4.74 Å². The molecule has 0 saturated carbocycles. The second kappa shape index (κ2) is 4.90. The van der Waals surface area contributed by atoms with Crippen molar-refractivity contribution >= 4 is 11.9 Å². The number of nitrogens with one attached hydrogen (secondary N) is 1. The van der Waals surface area contributed by atoms with Gasteiger partial charge in [-0.05, 0) is 31.5 Å². The van der Waals surface area contributed by atoms with Gasteiger partial charge < -0.3 is 10.1 Å². The van der Waals surface area contributed by atoms with E-state index in [-0.39, 0.29) is 6.04 Å². The maximum absolute atomic E-state index is 11.5. The van der Waals surface area contributed by atoms with Gasteiger partial charge in [-0.2, -0.15) is 0 Å². The van der Waals surface area contributed by atoms with E-state index >= 15 is 0 Å². The van der Waals surface area contributed by atoms with Gasteiger partial charge in [-0.3, -0.25) is 0 Å². The minimum atomic E-state index is -0.584. The number of hydrogen-bond acceptors (Lipinski definition) is 4. The van der Waals surface area contributed by atoms with Gasteiger partial charge in [-0.25, -0.2) is 9.59 Å². The summed E-state index contributed by atoms with van der Waals surface area (Å²) >= 11 is 0. The Labute approximate surface area is 93.6 Å². The van der Waals surface area contributed by atoms with E-state index in [1.165, 1.54) is 0 Å². The molecule has 1 aliphatic rings. The van der Waals surface area contributed by atoms with Crippen molar-refractivity contribution < 1.29 is 14.3 Å². The molecule has 0 aromatic heterocycles. The number of ether oxygens (including phenoxy) is 1. The number of hydrogen-bond donors (Lipinski definition) is 1. The molecule has 0 bridgehead atoms. The fourth-order valence-electron chi connectivity index (χ4n) is 1.68. The predicted octanol–water partition coefficient (Wildman–Crippen LogP) is 1.12. The molecule has 4 nitrogen and oxygen atoms in total. The van der Waals surface area contributed by atoms with Crippen LogP contribution in [0.3, 0.4) is 0 Å². The van der Waals surface area contributed by atoms with Crippen LogP contribution in [0.5, 0.6) is 0 Å². The van der Waals surface area contributed by atoms with Gasteiger partial charge in [0.05, 0.1) is 5.56 Å². The number of benzene rings is 1. The molecule has 0 spiro atoms. The van der Waals surface area contributed by atoms with Crippen molar-refractivity contribution in [3.8, 4) is 0 Å². The molecule has 1 fully saturated rings. The molecule has 84 valence electrons. The highest BCUT2D eigenvalue weighted by Gasteiger charge is 2.25. The third-order valence-corrected chi connectivity index (χ3v) is 2.55. The lowest BCUT2D eigenvalue weighted by atomic mass is 10.2. The van der Waals surface area contributed by atoms with Crippen LogP contribution in [0.15, 0.2) is 30.3 Å². The lowest BCUT2D eigenvalue weighted by molar-refractivity contribution is -0.139. The summed E-state index contributed by atoms with van der Waals surface area (Å²) in [6, 6.07) is 8.18. The Kier molecular flexibility index (Phi) is 3.31. The van der Waals surface area contributed by atoms with E-state index in [9.17, 15) is 9.59 Å². The molecule has 1 aliphatic heterocycles. The average Bonchev–Trinajstić information content (AvgIpc) is 2.83. The van der Waals surface area contributed by atoms with Gasteiger partial charge in [-0.1, -0.05) is 18.2 Å². The summed E-state index contributed by atoms with van der Waals surface area (Å²) in [5.41, 5.74) is 0.397. The van der Waals surface area contributed by atoms with E-state index in [0.29, 0.717) is 5.56 Å². The van der Waals surface area contributed by atoms with Crippen LogP contribution in [0.1, 0.15) is 23.2 Å². The van der Waals surface area contributed by atoms with Crippen LogP contribution in [0.25, 0.3) is 0 Å². The molecule has 1 aromatic carbocycles. The first-order valence-electron chi connectivity index (χ1n) is 5.32. The second-order valence-electron chi connectivity index (χ2n) is 3.72. The molecule has 16 heavy (non-hydrogen) atoms. The molecule has 1 N–H and O–H groups in total. The molecule has 1 saturated heterocycles. The number of carbonyl (C=O) groups is 2. The summed E-state index contributed by atoms with van der Waals surface area (Å²) < 4.78 is 4.78. The molecular formula is C12H13NO3. The smallest absolute Gasteiger partial charge is 0.345 e. The van der Waals surface area contributed by atoms with E-state index in [0.717, 1.165) is 19.4 Å². The molecule has 4 heteroatoms. The van der Waals surface area contributed by atoms with Crippen molar-refractivity contribution in [2.45, 2.75) is 18.9 Å². The summed E-state index contributed by atoms with van der Waals surface area (Å²) in [4.78, 5) is 23.1. The molecule has 0 unspecified atom stereocenters. The summed E-state index contributed by atoms with van der Waals surface area (Å²) in [7, 11) is 0. The minimum Gasteiger partial charge on any atom is -0.388 e. The van der Waals surface area contributed by atoms with Gasteiger partial charge in [0.2, 0.25) is 0 Å². The topological polar surface area (TPSA) is 55.4 Å². The zero-order valence-corrected chi connectivity index (χ0v) is 8.81. The Bertz CT molecular complexity index is 383. The molecule has 1 aromatic rings. The number of esters is 2. The van der Waals surface area contributed by atoms with Crippen LogP contribution < -0.4 is 5.32 Å². The highest BCUT2D eigenvalue weighted by Crippen LogP contribution is 2.08. The van der Waals surface area contributed by atoms with Gasteiger partial charge in [0, 0.05) is 0 Å². The Balaban J connectivity index is 1.94. The summed E-state index contributed by atoms with van der Waals surface area (Å²) in [6.07, 6.45) is 1.68. The SMILES string of the molecule is O=C(OC(=O)[C@H]1CCCN1)c1ccccc1. The molecule has 2 rings (SSSR count). The standard InChI is InChI=1S/C12H13NO3/c14-11(9-5-2-1-3-6-9)16-12(15)10-7-4-8-13-10/h1-3,5-6,10,13H,4,7-8H2/t10-/m1/s1. The van der Waals surface area contributed by atoms with Crippen molar-refractivity contribution in [1.29, 1.82) is 0 Å². The fraction of sp³-hybridized carbons (Fsp3) is 0.333. The lowest BCUT2D eigenvalue weighted by Crippen LogP contribution is -2.33. The van der Waals surface area contributed by atoms with E-state index in [1.807, 2.05) is 0 Å². The molecule has 1 atom stereocenters. The highest BCUT2D eigenvalue weighted by atomic mass is 16.6. The van der Waals surface area contributed by atoms with Crippen molar-refractivity contribution in [2.75, 3.05) is 6.54 Å². The van der Waals surface area contributed by atoms with Gasteiger partial charge in [-0.15, -0.1) is 0 Å². The third kappa shape index (κ3) is 2.46. The zero-order valence-electron chi connectivity index (χ0n) is 8.81. The molecule has 0 amide bonds. The monoisotopic (exact) mass is 219 g/mol. The van der Waals surface area contributed by atoms with Gasteiger partial charge in [0.1, 0.15) is 6.04 Å². The van der Waals surface area contributed by atoms with Crippen LogP contribution in [0, 0.1) is 0 Å². The maximum atomic E-state index is 11.5. The third-order valence-electron chi connectivity index (χ3n) is 2.55. The quantitative estimate of drug-likeness (QED) is 0.598.